The first kappa shape index (κ1) is 15.0. The predicted molar refractivity (Wildman–Crippen MR) is 68.9 cm³/mol. The lowest BCUT2D eigenvalue weighted by Gasteiger charge is -2.13. The van der Waals surface area contributed by atoms with Gasteiger partial charge in [-0.25, -0.2) is 4.79 Å². The lowest BCUT2D eigenvalue weighted by molar-refractivity contribution is 0.0600. The van der Waals surface area contributed by atoms with Crippen molar-refractivity contribution in [3.05, 3.63) is 23.3 Å². The van der Waals surface area contributed by atoms with Crippen LogP contribution < -0.4 is 15.2 Å². The molecule has 0 saturated heterocycles. The molecule has 0 atom stereocenters. The standard InChI is InChI=1S/C13H17NO5/c1-17-11-7-8(13(16)19-3)6-9(12(11)18-2)10(15)4-5-14/h6-7H,4-5,14H2,1-3H3. The molecule has 0 aromatic heterocycles. The molecule has 0 amide bonds. The Hall–Kier alpha value is -2.08. The van der Waals surface area contributed by atoms with E-state index in [1.165, 1.54) is 33.5 Å². The maximum Gasteiger partial charge on any atom is 0.338 e. The topological polar surface area (TPSA) is 87.9 Å². The zero-order chi connectivity index (χ0) is 14.4. The molecule has 0 fully saturated rings. The van der Waals surface area contributed by atoms with Gasteiger partial charge in [0.1, 0.15) is 0 Å². The van der Waals surface area contributed by atoms with Gasteiger partial charge in [0.15, 0.2) is 17.3 Å². The van der Waals surface area contributed by atoms with Crippen molar-refractivity contribution in [1.29, 1.82) is 0 Å². The van der Waals surface area contributed by atoms with E-state index in [4.69, 9.17) is 15.2 Å². The first-order valence-corrected chi connectivity index (χ1v) is 5.66. The van der Waals surface area contributed by atoms with Crippen molar-refractivity contribution in [1.82, 2.24) is 0 Å². The monoisotopic (exact) mass is 267 g/mol. The molecule has 1 rings (SSSR count). The number of benzene rings is 1. The quantitative estimate of drug-likeness (QED) is 0.611. The van der Waals surface area contributed by atoms with E-state index in [2.05, 4.69) is 4.74 Å². The number of ketones is 1. The van der Waals surface area contributed by atoms with Gasteiger partial charge in [0.05, 0.1) is 32.5 Å². The molecule has 104 valence electrons. The van der Waals surface area contributed by atoms with E-state index in [1.807, 2.05) is 0 Å². The first-order chi connectivity index (χ1) is 9.08. The van der Waals surface area contributed by atoms with Crippen LogP contribution in [0.2, 0.25) is 0 Å². The van der Waals surface area contributed by atoms with Crippen LogP contribution in [0.1, 0.15) is 27.1 Å². The minimum Gasteiger partial charge on any atom is -0.493 e. The number of hydrogen-bond acceptors (Lipinski definition) is 6. The number of carbonyl (C=O) groups excluding carboxylic acids is 2. The third kappa shape index (κ3) is 3.23. The summed E-state index contributed by atoms with van der Waals surface area (Å²) in [6.07, 6.45) is 0.157. The Morgan fingerprint density at radius 1 is 1.16 bits per heavy atom. The lowest BCUT2D eigenvalue weighted by atomic mass is 10.0. The normalized spacial score (nSPS) is 9.89. The maximum atomic E-state index is 12.0. The highest BCUT2D eigenvalue weighted by molar-refractivity contribution is 6.02. The third-order valence-electron chi connectivity index (χ3n) is 2.57. The molecule has 0 spiro atoms. The van der Waals surface area contributed by atoms with E-state index in [1.54, 1.807) is 0 Å². The molecule has 1 aromatic carbocycles. The molecule has 6 nitrogen and oxygen atoms in total. The summed E-state index contributed by atoms with van der Waals surface area (Å²) in [6, 6.07) is 2.88. The Balaban J connectivity index is 3.39. The van der Waals surface area contributed by atoms with Gasteiger partial charge in [-0.1, -0.05) is 0 Å². The van der Waals surface area contributed by atoms with Crippen molar-refractivity contribution in [3.63, 3.8) is 0 Å². The average molecular weight is 267 g/mol. The van der Waals surface area contributed by atoms with Gasteiger partial charge in [-0.2, -0.15) is 0 Å². The van der Waals surface area contributed by atoms with Gasteiger partial charge in [0.2, 0.25) is 0 Å². The van der Waals surface area contributed by atoms with Crippen molar-refractivity contribution in [2.45, 2.75) is 6.42 Å². The smallest absolute Gasteiger partial charge is 0.338 e. The fraction of sp³-hybridized carbons (Fsp3) is 0.385. The molecule has 0 saturated carbocycles. The molecule has 6 heteroatoms. The zero-order valence-corrected chi connectivity index (χ0v) is 11.2. The second-order valence-corrected chi connectivity index (χ2v) is 3.71. The fourth-order valence-corrected chi connectivity index (χ4v) is 1.67. The predicted octanol–water partition coefficient (Wildman–Crippen LogP) is 1.02. The van der Waals surface area contributed by atoms with E-state index in [0.717, 1.165) is 0 Å². The molecule has 0 radical (unpaired) electrons. The molecule has 0 aliphatic heterocycles. The van der Waals surface area contributed by atoms with Crippen molar-refractivity contribution in [2.75, 3.05) is 27.9 Å². The van der Waals surface area contributed by atoms with Crippen LogP contribution in [0.25, 0.3) is 0 Å². The van der Waals surface area contributed by atoms with Crippen LogP contribution >= 0.6 is 0 Å². The van der Waals surface area contributed by atoms with Crippen molar-refractivity contribution >= 4 is 11.8 Å². The van der Waals surface area contributed by atoms with Gasteiger partial charge < -0.3 is 19.9 Å². The molecule has 0 aliphatic rings. The zero-order valence-electron chi connectivity index (χ0n) is 11.2. The molecular weight excluding hydrogens is 250 g/mol. The van der Waals surface area contributed by atoms with Gasteiger partial charge in [-0.3, -0.25) is 4.79 Å². The molecule has 19 heavy (non-hydrogen) atoms. The van der Waals surface area contributed by atoms with Crippen LogP contribution in [0.3, 0.4) is 0 Å². The highest BCUT2D eigenvalue weighted by Gasteiger charge is 2.20. The summed E-state index contributed by atoms with van der Waals surface area (Å²) >= 11 is 0. The van der Waals surface area contributed by atoms with Gasteiger partial charge >= 0.3 is 5.97 Å². The molecule has 2 N–H and O–H groups in total. The molecule has 1 aromatic rings. The van der Waals surface area contributed by atoms with E-state index in [9.17, 15) is 9.59 Å². The highest BCUT2D eigenvalue weighted by atomic mass is 16.5. The van der Waals surface area contributed by atoms with Crippen LogP contribution in [0, 0.1) is 0 Å². The number of Topliss-reactive ketones (excluding diaryl/α,β-unsaturated/α-hetero) is 1. The fourth-order valence-electron chi connectivity index (χ4n) is 1.67. The van der Waals surface area contributed by atoms with E-state index >= 15 is 0 Å². The second kappa shape index (κ2) is 6.75. The summed E-state index contributed by atoms with van der Waals surface area (Å²) in [5.74, 6) is -0.189. The summed E-state index contributed by atoms with van der Waals surface area (Å²) in [5.41, 5.74) is 5.85. The van der Waals surface area contributed by atoms with E-state index in [-0.39, 0.29) is 35.6 Å². The number of esters is 1. The summed E-state index contributed by atoms with van der Waals surface area (Å²) in [7, 11) is 4.12. The maximum absolute atomic E-state index is 12.0. The van der Waals surface area contributed by atoms with Crippen LogP contribution in [-0.4, -0.2) is 39.6 Å². The van der Waals surface area contributed by atoms with Crippen LogP contribution in [0.4, 0.5) is 0 Å². The number of ether oxygens (including phenoxy) is 3. The van der Waals surface area contributed by atoms with Crippen molar-refractivity contribution in [3.8, 4) is 11.5 Å². The number of carbonyl (C=O) groups is 2. The van der Waals surface area contributed by atoms with Gasteiger partial charge in [-0.15, -0.1) is 0 Å². The van der Waals surface area contributed by atoms with Gasteiger partial charge in [0.25, 0.3) is 0 Å². The molecule has 0 heterocycles. The minimum atomic E-state index is -0.553. The number of rotatable bonds is 6. The van der Waals surface area contributed by atoms with Crippen LogP contribution in [-0.2, 0) is 4.74 Å². The largest absolute Gasteiger partial charge is 0.493 e. The number of methoxy groups -OCH3 is 3. The summed E-state index contributed by atoms with van der Waals surface area (Å²) < 4.78 is 14.9. The van der Waals surface area contributed by atoms with Crippen LogP contribution in [0.15, 0.2) is 12.1 Å². The van der Waals surface area contributed by atoms with Crippen molar-refractivity contribution < 1.29 is 23.8 Å². The molecule has 0 unspecified atom stereocenters. The Labute approximate surface area is 111 Å². The molecular formula is C13H17NO5. The van der Waals surface area contributed by atoms with E-state index < -0.39 is 5.97 Å². The Morgan fingerprint density at radius 3 is 2.32 bits per heavy atom. The van der Waals surface area contributed by atoms with E-state index in [0.29, 0.717) is 5.75 Å². The SMILES string of the molecule is COC(=O)c1cc(OC)c(OC)c(C(=O)CCN)c1. The number of hydrogen-bond donors (Lipinski definition) is 1. The Bertz CT molecular complexity index is 484. The first-order valence-electron chi connectivity index (χ1n) is 5.66. The summed E-state index contributed by atoms with van der Waals surface area (Å²) in [4.78, 5) is 23.5. The molecule has 0 aliphatic carbocycles. The number of nitrogens with two attached hydrogens (primary N) is 1. The minimum absolute atomic E-state index is 0.157. The van der Waals surface area contributed by atoms with Crippen molar-refractivity contribution in [2.24, 2.45) is 5.73 Å². The summed E-state index contributed by atoms with van der Waals surface area (Å²) in [6.45, 7) is 0.215. The van der Waals surface area contributed by atoms with Crippen LogP contribution in [0.5, 0.6) is 11.5 Å². The second-order valence-electron chi connectivity index (χ2n) is 3.71. The third-order valence-corrected chi connectivity index (χ3v) is 2.57. The summed E-state index contributed by atoms with van der Waals surface area (Å²) in [5, 5.41) is 0. The molecule has 0 bridgehead atoms. The average Bonchev–Trinajstić information content (AvgIpc) is 2.44. The van der Waals surface area contributed by atoms with Gasteiger partial charge in [0, 0.05) is 6.42 Å². The van der Waals surface area contributed by atoms with Gasteiger partial charge in [-0.05, 0) is 18.7 Å². The lowest BCUT2D eigenvalue weighted by Crippen LogP contribution is -2.12. The highest BCUT2D eigenvalue weighted by Crippen LogP contribution is 2.33. The Morgan fingerprint density at radius 2 is 1.84 bits per heavy atom. The Kier molecular flexibility index (Phi) is 5.32.